The molecule has 3 aromatic carbocycles. The molecule has 0 bridgehead atoms. The summed E-state index contributed by atoms with van der Waals surface area (Å²) in [7, 11) is 1.82. The molecule has 1 amide bonds. The zero-order valence-electron chi connectivity index (χ0n) is 22.2. The average Bonchev–Trinajstić information content (AvgIpc) is 2.94. The molecule has 0 radical (unpaired) electrons. The van der Waals surface area contributed by atoms with Gasteiger partial charge in [-0.3, -0.25) is 9.52 Å². The van der Waals surface area contributed by atoms with E-state index in [-0.39, 0.29) is 24.7 Å². The van der Waals surface area contributed by atoms with Crippen molar-refractivity contribution < 1.29 is 27.5 Å². The number of amides is 1. The molecule has 3 aromatic rings. The van der Waals surface area contributed by atoms with Crippen LogP contribution < -0.4 is 14.8 Å². The van der Waals surface area contributed by atoms with Gasteiger partial charge in [0.1, 0.15) is 12.0 Å². The lowest BCUT2D eigenvalue weighted by Crippen LogP contribution is -2.15. The molecule has 0 fully saturated rings. The van der Waals surface area contributed by atoms with Gasteiger partial charge in [0, 0.05) is 31.0 Å². The van der Waals surface area contributed by atoms with Crippen molar-refractivity contribution in [2.24, 2.45) is 0 Å². The summed E-state index contributed by atoms with van der Waals surface area (Å²) in [6.45, 7) is 0.256. The summed E-state index contributed by atoms with van der Waals surface area (Å²) < 4.78 is 47.7. The first kappa shape index (κ1) is 31.8. The fraction of sp³-hybridized carbons (Fsp3) is 0.333. The number of ether oxygens (including phenoxy) is 1. The number of rotatable bonds is 13. The number of aryl methyl sites for hydroxylation is 2. The Morgan fingerprint density at radius 2 is 1.69 bits per heavy atom. The zero-order chi connectivity index (χ0) is 28.5. The molecule has 0 aliphatic carbocycles. The van der Waals surface area contributed by atoms with Crippen molar-refractivity contribution in [3.63, 3.8) is 0 Å². The van der Waals surface area contributed by atoms with Crippen molar-refractivity contribution in [1.82, 2.24) is 4.72 Å². The molecule has 2 N–H and O–H groups in total. The smallest absolute Gasteiger partial charge is 0.419 e. The second-order valence-corrected chi connectivity index (χ2v) is 9.26. The van der Waals surface area contributed by atoms with E-state index in [4.69, 9.17) is 4.74 Å². The summed E-state index contributed by atoms with van der Waals surface area (Å²) in [5.41, 5.74) is 2.58. The lowest BCUT2D eigenvalue weighted by molar-refractivity contribution is -0.139. The number of alkyl halides is 3. The Morgan fingerprint density at radius 3 is 2.36 bits per heavy atom. The highest BCUT2D eigenvalue weighted by Gasteiger charge is 2.34. The minimum atomic E-state index is -4.47. The average molecular weight is 561 g/mol. The second-order valence-electron chi connectivity index (χ2n) is 8.64. The fourth-order valence-electron chi connectivity index (χ4n) is 3.71. The van der Waals surface area contributed by atoms with Crippen LogP contribution in [0.15, 0.2) is 72.8 Å². The number of unbranched alkanes of at least 4 members (excludes halogenated alkanes) is 2. The summed E-state index contributed by atoms with van der Waals surface area (Å²) in [6, 6.07) is 21.5. The van der Waals surface area contributed by atoms with Gasteiger partial charge in [0.15, 0.2) is 0 Å². The molecule has 0 aliphatic heterocycles. The second kappa shape index (κ2) is 17.2. The van der Waals surface area contributed by atoms with E-state index in [9.17, 15) is 22.8 Å². The van der Waals surface area contributed by atoms with Crippen LogP contribution in [0, 0.1) is 0 Å². The Kier molecular flexibility index (Phi) is 14.0. The largest absolute Gasteiger partial charge is 0.493 e. The topological polar surface area (TPSA) is 67.4 Å². The van der Waals surface area contributed by atoms with Gasteiger partial charge >= 0.3 is 6.18 Å². The molecule has 210 valence electrons. The monoisotopic (exact) mass is 560 g/mol. The third-order valence-electron chi connectivity index (χ3n) is 5.72. The molecule has 0 heterocycles. The normalized spacial score (nSPS) is 10.7. The summed E-state index contributed by atoms with van der Waals surface area (Å²) in [4.78, 5) is 21.8. The number of anilines is 1. The Balaban J connectivity index is 0.000000344. The van der Waals surface area contributed by atoms with E-state index in [1.165, 1.54) is 23.6 Å². The molecule has 39 heavy (non-hydrogen) atoms. The molecule has 0 saturated heterocycles. The van der Waals surface area contributed by atoms with Gasteiger partial charge in [0.05, 0.1) is 12.2 Å². The quantitative estimate of drug-likeness (QED) is 0.130. The molecule has 0 aliphatic rings. The van der Waals surface area contributed by atoms with Crippen molar-refractivity contribution in [3.05, 3.63) is 95.1 Å². The predicted molar refractivity (Wildman–Crippen MR) is 152 cm³/mol. The maximum atomic E-state index is 13.2. The maximum absolute atomic E-state index is 13.2. The van der Waals surface area contributed by atoms with E-state index in [1.54, 1.807) is 12.1 Å². The predicted octanol–water partition coefficient (Wildman–Crippen LogP) is 7.36. The van der Waals surface area contributed by atoms with Crippen molar-refractivity contribution in [2.75, 3.05) is 25.2 Å². The Hall–Kier alpha value is -3.46. The molecular weight excluding hydrogens is 525 g/mol. The number of carbonyl (C=O) groups excluding carboxylic acids is 2. The van der Waals surface area contributed by atoms with Gasteiger partial charge in [-0.05, 0) is 73.6 Å². The molecule has 9 heteroatoms. The van der Waals surface area contributed by atoms with Gasteiger partial charge in [-0.1, -0.05) is 54.4 Å². The lowest BCUT2D eigenvalue weighted by Gasteiger charge is -2.15. The van der Waals surface area contributed by atoms with E-state index in [2.05, 4.69) is 22.2 Å². The minimum Gasteiger partial charge on any atom is -0.493 e. The summed E-state index contributed by atoms with van der Waals surface area (Å²) >= 11 is 1.30. The first-order valence-electron chi connectivity index (χ1n) is 12.7. The minimum absolute atomic E-state index is 0.0652. The Labute approximate surface area is 232 Å². The van der Waals surface area contributed by atoms with Crippen LogP contribution in [-0.2, 0) is 23.8 Å². The zero-order valence-corrected chi connectivity index (χ0v) is 23.0. The van der Waals surface area contributed by atoms with Crippen LogP contribution in [-0.4, -0.2) is 32.1 Å². The highest BCUT2D eigenvalue weighted by atomic mass is 32.2. The fourth-order valence-corrected chi connectivity index (χ4v) is 4.01. The third kappa shape index (κ3) is 11.9. The third-order valence-corrected chi connectivity index (χ3v) is 6.11. The molecule has 0 aromatic heterocycles. The summed E-state index contributed by atoms with van der Waals surface area (Å²) in [5, 5.41) is 2.98. The first-order chi connectivity index (χ1) is 18.8. The molecule has 0 atom stereocenters. The van der Waals surface area contributed by atoms with Crippen LogP contribution in [0.25, 0.3) is 0 Å². The highest BCUT2D eigenvalue weighted by Crippen LogP contribution is 2.37. The van der Waals surface area contributed by atoms with Crippen molar-refractivity contribution in [3.8, 4) is 5.75 Å². The van der Waals surface area contributed by atoms with Crippen molar-refractivity contribution in [2.45, 2.75) is 44.7 Å². The molecule has 0 spiro atoms. The van der Waals surface area contributed by atoms with E-state index in [0.717, 1.165) is 31.0 Å². The maximum Gasteiger partial charge on any atom is 0.419 e. The number of hydrogen-bond donors (Lipinski definition) is 2. The van der Waals surface area contributed by atoms with Gasteiger partial charge in [0.2, 0.25) is 0 Å². The van der Waals surface area contributed by atoms with Gasteiger partial charge in [0.25, 0.3) is 5.91 Å². The van der Waals surface area contributed by atoms with Gasteiger partial charge in [-0.25, -0.2) is 0 Å². The van der Waals surface area contributed by atoms with E-state index < -0.39 is 11.7 Å². The van der Waals surface area contributed by atoms with Crippen LogP contribution in [0.3, 0.4) is 0 Å². The number of nitrogens with one attached hydrogen (secondary N) is 2. The van der Waals surface area contributed by atoms with E-state index >= 15 is 0 Å². The number of aldehydes is 1. The standard InChI is InChI=1S/C21H23F3O2.C9H12N2OS/c22-21(23,24)19-16-18(11-7-14-25)12-13-20(19)26-15-6-2-5-10-17-8-3-1-4-9-17;1-10-8-5-3-4-7(6-8)9(12)11-13-2/h1,3-4,8-9,12-14,16H,2,5-7,10-11,15H2;3-6,10H,1-2H3,(H,11,12). The van der Waals surface area contributed by atoms with E-state index in [0.29, 0.717) is 30.3 Å². The van der Waals surface area contributed by atoms with Gasteiger partial charge in [-0.15, -0.1) is 0 Å². The van der Waals surface area contributed by atoms with Crippen LogP contribution in [0.4, 0.5) is 18.9 Å². The van der Waals surface area contributed by atoms with Crippen LogP contribution in [0.5, 0.6) is 5.75 Å². The number of carbonyl (C=O) groups is 2. The highest BCUT2D eigenvalue weighted by molar-refractivity contribution is 7.97. The molecule has 0 saturated carbocycles. The molecule has 3 rings (SSSR count). The lowest BCUT2D eigenvalue weighted by atomic mass is 10.1. The molecule has 0 unspecified atom stereocenters. The van der Waals surface area contributed by atoms with Crippen LogP contribution in [0.2, 0.25) is 0 Å². The number of halogens is 3. The van der Waals surface area contributed by atoms with Crippen molar-refractivity contribution in [1.29, 1.82) is 0 Å². The van der Waals surface area contributed by atoms with Crippen LogP contribution in [0.1, 0.15) is 52.7 Å². The number of hydrogen-bond acceptors (Lipinski definition) is 5. The van der Waals surface area contributed by atoms with Gasteiger partial charge < -0.3 is 14.8 Å². The molecule has 5 nitrogen and oxygen atoms in total. The molecular formula is C30H35F3N2O3S. The van der Waals surface area contributed by atoms with Gasteiger partial charge in [-0.2, -0.15) is 13.2 Å². The first-order valence-corrected chi connectivity index (χ1v) is 13.9. The Bertz CT molecular complexity index is 1160. The van der Waals surface area contributed by atoms with Crippen molar-refractivity contribution >= 4 is 29.8 Å². The summed E-state index contributed by atoms with van der Waals surface area (Å²) in [6.07, 6.45) is 2.09. The summed E-state index contributed by atoms with van der Waals surface area (Å²) in [5.74, 6) is -0.208. The number of benzene rings is 3. The Morgan fingerprint density at radius 1 is 0.923 bits per heavy atom. The van der Waals surface area contributed by atoms with E-state index in [1.807, 2.05) is 49.7 Å². The SMILES string of the molecule is CNc1cccc(C(=O)NSC)c1.O=CCCc1ccc(OCCCCCc2ccccc2)c(C(F)(F)F)c1. The van der Waals surface area contributed by atoms with Crippen LogP contribution >= 0.6 is 11.9 Å².